The predicted molar refractivity (Wildman–Crippen MR) is 88.4 cm³/mol. The summed E-state index contributed by atoms with van der Waals surface area (Å²) in [5.41, 5.74) is 7.16. The van der Waals surface area contributed by atoms with Gasteiger partial charge in [-0.15, -0.1) is 0 Å². The Hall–Kier alpha value is -1.56. The first-order chi connectivity index (χ1) is 9.49. The highest BCUT2D eigenvalue weighted by atomic mass is 14.2. The molecule has 0 saturated heterocycles. The largest absolute Gasteiger partial charge is 0.0625 e. The third-order valence-electron chi connectivity index (χ3n) is 4.16. The molecule has 2 aromatic carbocycles. The van der Waals surface area contributed by atoms with Crippen LogP contribution in [-0.2, 0) is 6.42 Å². The van der Waals surface area contributed by atoms with E-state index in [-0.39, 0.29) is 0 Å². The summed E-state index contributed by atoms with van der Waals surface area (Å²) in [6.45, 7) is 11.3. The lowest BCUT2D eigenvalue weighted by molar-refractivity contribution is 0.643. The standard InChI is InChI=1S/C20H26/c1-14(2)13-19-7-6-8-20(17(19)5)16(4)18-11-9-15(3)10-12-18/h6-12,14,16H,13H2,1-5H3. The first kappa shape index (κ1) is 14.8. The second kappa shape index (κ2) is 6.26. The molecule has 0 spiro atoms. The van der Waals surface area contributed by atoms with E-state index >= 15 is 0 Å². The van der Waals surface area contributed by atoms with E-state index in [1.54, 1.807) is 0 Å². The first-order valence-corrected chi connectivity index (χ1v) is 7.64. The first-order valence-electron chi connectivity index (χ1n) is 7.64. The van der Waals surface area contributed by atoms with Gasteiger partial charge in [-0.1, -0.05) is 68.8 Å². The van der Waals surface area contributed by atoms with Crippen molar-refractivity contribution in [2.45, 2.75) is 47.0 Å². The lowest BCUT2D eigenvalue weighted by Crippen LogP contribution is -2.04. The molecule has 1 unspecified atom stereocenters. The summed E-state index contributed by atoms with van der Waals surface area (Å²) < 4.78 is 0. The number of rotatable bonds is 4. The maximum atomic E-state index is 2.31. The van der Waals surface area contributed by atoms with Gasteiger partial charge in [0, 0.05) is 5.92 Å². The maximum absolute atomic E-state index is 2.31. The van der Waals surface area contributed by atoms with E-state index < -0.39 is 0 Å². The molecule has 0 aromatic heterocycles. The summed E-state index contributed by atoms with van der Waals surface area (Å²) >= 11 is 0. The minimum Gasteiger partial charge on any atom is -0.0625 e. The minimum absolute atomic E-state index is 0.461. The van der Waals surface area contributed by atoms with E-state index in [9.17, 15) is 0 Å². The van der Waals surface area contributed by atoms with Crippen LogP contribution in [0.4, 0.5) is 0 Å². The summed E-state index contributed by atoms with van der Waals surface area (Å²) in [6, 6.07) is 15.7. The van der Waals surface area contributed by atoms with Gasteiger partial charge in [-0.2, -0.15) is 0 Å². The molecule has 0 heteroatoms. The van der Waals surface area contributed by atoms with Crippen molar-refractivity contribution < 1.29 is 0 Å². The molecular formula is C20H26. The lowest BCUT2D eigenvalue weighted by atomic mass is 9.86. The average Bonchev–Trinajstić information content (AvgIpc) is 2.41. The number of benzene rings is 2. The molecule has 106 valence electrons. The molecule has 0 radical (unpaired) electrons. The van der Waals surface area contributed by atoms with Crippen molar-refractivity contribution in [1.82, 2.24) is 0 Å². The van der Waals surface area contributed by atoms with Crippen LogP contribution in [0.15, 0.2) is 42.5 Å². The quantitative estimate of drug-likeness (QED) is 0.670. The Kier molecular flexibility index (Phi) is 4.65. The van der Waals surface area contributed by atoms with E-state index in [1.807, 2.05) is 0 Å². The Morgan fingerprint density at radius 3 is 2.10 bits per heavy atom. The number of hydrogen-bond acceptors (Lipinski definition) is 0. The van der Waals surface area contributed by atoms with Crippen LogP contribution in [-0.4, -0.2) is 0 Å². The van der Waals surface area contributed by atoms with Crippen molar-refractivity contribution >= 4 is 0 Å². The zero-order chi connectivity index (χ0) is 14.7. The monoisotopic (exact) mass is 266 g/mol. The fraction of sp³-hybridized carbons (Fsp3) is 0.400. The Morgan fingerprint density at radius 2 is 1.50 bits per heavy atom. The van der Waals surface area contributed by atoms with Gasteiger partial charge in [0.1, 0.15) is 0 Å². The number of hydrogen-bond donors (Lipinski definition) is 0. The molecule has 0 amide bonds. The van der Waals surface area contributed by atoms with Crippen LogP contribution in [0.3, 0.4) is 0 Å². The van der Waals surface area contributed by atoms with Gasteiger partial charge >= 0.3 is 0 Å². The van der Waals surface area contributed by atoms with Gasteiger partial charge in [-0.25, -0.2) is 0 Å². The molecule has 0 heterocycles. The highest BCUT2D eigenvalue weighted by molar-refractivity contribution is 5.41. The molecule has 0 N–H and O–H groups in total. The highest BCUT2D eigenvalue weighted by Crippen LogP contribution is 2.29. The summed E-state index contributed by atoms with van der Waals surface area (Å²) in [6.07, 6.45) is 1.17. The van der Waals surface area contributed by atoms with Gasteiger partial charge < -0.3 is 0 Å². The molecule has 2 rings (SSSR count). The van der Waals surface area contributed by atoms with Crippen molar-refractivity contribution in [1.29, 1.82) is 0 Å². The van der Waals surface area contributed by atoms with Crippen LogP contribution >= 0.6 is 0 Å². The van der Waals surface area contributed by atoms with E-state index in [0.29, 0.717) is 11.8 Å². The van der Waals surface area contributed by atoms with Gasteiger partial charge in [0.15, 0.2) is 0 Å². The normalized spacial score (nSPS) is 12.7. The molecule has 1 atom stereocenters. The fourth-order valence-electron chi connectivity index (χ4n) is 2.87. The smallest absolute Gasteiger partial charge is 0.00637 e. The lowest BCUT2D eigenvalue weighted by Gasteiger charge is -2.19. The van der Waals surface area contributed by atoms with Crippen LogP contribution in [0.1, 0.15) is 54.5 Å². The van der Waals surface area contributed by atoms with Crippen molar-refractivity contribution in [2.24, 2.45) is 5.92 Å². The summed E-state index contributed by atoms with van der Waals surface area (Å²) in [7, 11) is 0. The SMILES string of the molecule is Cc1ccc(C(C)c2cccc(CC(C)C)c2C)cc1. The van der Waals surface area contributed by atoms with E-state index in [4.69, 9.17) is 0 Å². The van der Waals surface area contributed by atoms with Gasteiger partial charge in [0.2, 0.25) is 0 Å². The summed E-state index contributed by atoms with van der Waals surface area (Å²) in [5.74, 6) is 1.17. The van der Waals surface area contributed by atoms with Crippen LogP contribution < -0.4 is 0 Å². The molecule has 0 aliphatic carbocycles. The molecule has 0 bridgehead atoms. The molecule has 0 fully saturated rings. The van der Waals surface area contributed by atoms with Crippen LogP contribution in [0, 0.1) is 19.8 Å². The van der Waals surface area contributed by atoms with Crippen molar-refractivity contribution in [3.05, 3.63) is 70.3 Å². The molecule has 0 nitrogen and oxygen atoms in total. The van der Waals surface area contributed by atoms with Crippen molar-refractivity contribution in [3.8, 4) is 0 Å². The Balaban J connectivity index is 2.34. The van der Waals surface area contributed by atoms with Gasteiger partial charge in [-0.05, 0) is 48.4 Å². The second-order valence-electron chi connectivity index (χ2n) is 6.36. The molecule has 20 heavy (non-hydrogen) atoms. The van der Waals surface area contributed by atoms with Crippen LogP contribution in [0.2, 0.25) is 0 Å². The zero-order valence-electron chi connectivity index (χ0n) is 13.4. The van der Waals surface area contributed by atoms with E-state index in [0.717, 1.165) is 0 Å². The molecule has 0 aliphatic heterocycles. The second-order valence-corrected chi connectivity index (χ2v) is 6.36. The van der Waals surface area contributed by atoms with E-state index in [1.165, 1.54) is 34.2 Å². The topological polar surface area (TPSA) is 0 Å². The summed E-state index contributed by atoms with van der Waals surface area (Å²) in [5, 5.41) is 0. The van der Waals surface area contributed by atoms with Crippen molar-refractivity contribution in [3.63, 3.8) is 0 Å². The number of aryl methyl sites for hydroxylation is 1. The summed E-state index contributed by atoms with van der Waals surface area (Å²) in [4.78, 5) is 0. The Labute approximate surface area is 123 Å². The molecule has 0 aliphatic rings. The molecule has 0 saturated carbocycles. The third kappa shape index (κ3) is 3.30. The van der Waals surface area contributed by atoms with Crippen LogP contribution in [0.5, 0.6) is 0 Å². The minimum atomic E-state index is 0.461. The Bertz CT molecular complexity index is 561. The third-order valence-corrected chi connectivity index (χ3v) is 4.16. The zero-order valence-corrected chi connectivity index (χ0v) is 13.4. The Morgan fingerprint density at radius 1 is 0.850 bits per heavy atom. The van der Waals surface area contributed by atoms with Gasteiger partial charge in [-0.3, -0.25) is 0 Å². The van der Waals surface area contributed by atoms with Crippen molar-refractivity contribution in [2.75, 3.05) is 0 Å². The highest BCUT2D eigenvalue weighted by Gasteiger charge is 2.13. The molecular weight excluding hydrogens is 240 g/mol. The maximum Gasteiger partial charge on any atom is 0.00637 e. The predicted octanol–water partition coefficient (Wildman–Crippen LogP) is 5.65. The average molecular weight is 266 g/mol. The van der Waals surface area contributed by atoms with E-state index in [2.05, 4.69) is 77.1 Å². The molecule has 2 aromatic rings. The fourth-order valence-corrected chi connectivity index (χ4v) is 2.87. The van der Waals surface area contributed by atoms with Crippen LogP contribution in [0.25, 0.3) is 0 Å². The van der Waals surface area contributed by atoms with Gasteiger partial charge in [0.05, 0.1) is 0 Å². The van der Waals surface area contributed by atoms with Gasteiger partial charge in [0.25, 0.3) is 0 Å².